The van der Waals surface area contributed by atoms with Crippen LogP contribution >= 0.6 is 0 Å². The second kappa shape index (κ2) is 6.23. The molecule has 0 saturated carbocycles. The predicted octanol–water partition coefficient (Wildman–Crippen LogP) is 1.79. The maximum absolute atomic E-state index is 4.83. The number of methoxy groups -OCH3 is 1. The molecule has 10 heavy (non-hydrogen) atoms. The minimum absolute atomic E-state index is 0.674. The first-order valence-electron chi connectivity index (χ1n) is 3.13. The SMILES string of the molecule is C=C/C=N\C(=C)CCOC. The Balaban J connectivity index is 3.43. The van der Waals surface area contributed by atoms with E-state index >= 15 is 0 Å². The lowest BCUT2D eigenvalue weighted by Crippen LogP contribution is -1.88. The molecule has 0 spiro atoms. The lowest BCUT2D eigenvalue weighted by atomic mass is 10.4. The van der Waals surface area contributed by atoms with E-state index in [9.17, 15) is 0 Å². The molecule has 0 aliphatic rings. The lowest BCUT2D eigenvalue weighted by molar-refractivity contribution is 0.202. The van der Waals surface area contributed by atoms with Gasteiger partial charge in [-0.25, -0.2) is 0 Å². The van der Waals surface area contributed by atoms with Gasteiger partial charge in [0, 0.05) is 25.4 Å². The van der Waals surface area contributed by atoms with Crippen molar-refractivity contribution in [3.8, 4) is 0 Å². The molecule has 0 aliphatic carbocycles. The van der Waals surface area contributed by atoms with E-state index < -0.39 is 0 Å². The van der Waals surface area contributed by atoms with E-state index in [0.717, 1.165) is 12.1 Å². The van der Waals surface area contributed by atoms with E-state index in [1.165, 1.54) is 0 Å². The molecular formula is C8H13NO. The molecule has 0 aromatic rings. The predicted molar refractivity (Wildman–Crippen MR) is 44.3 cm³/mol. The maximum atomic E-state index is 4.83. The van der Waals surface area contributed by atoms with Crippen LogP contribution in [0.1, 0.15) is 6.42 Å². The highest BCUT2D eigenvalue weighted by Gasteiger charge is 1.86. The van der Waals surface area contributed by atoms with Crippen molar-refractivity contribution in [3.05, 3.63) is 24.9 Å². The van der Waals surface area contributed by atoms with E-state index in [1.807, 2.05) is 0 Å². The fourth-order valence-electron chi connectivity index (χ4n) is 0.443. The Morgan fingerprint density at radius 1 is 1.70 bits per heavy atom. The van der Waals surface area contributed by atoms with Crippen LogP contribution in [0.5, 0.6) is 0 Å². The smallest absolute Gasteiger partial charge is 0.0517 e. The summed E-state index contributed by atoms with van der Waals surface area (Å²) in [6, 6.07) is 0. The van der Waals surface area contributed by atoms with Crippen LogP contribution in [0.25, 0.3) is 0 Å². The average molecular weight is 139 g/mol. The highest BCUT2D eigenvalue weighted by Crippen LogP contribution is 1.97. The second-order valence-electron chi connectivity index (χ2n) is 1.82. The zero-order valence-corrected chi connectivity index (χ0v) is 6.34. The summed E-state index contributed by atoms with van der Waals surface area (Å²) in [6.45, 7) is 7.87. The third-order valence-electron chi connectivity index (χ3n) is 0.957. The fourth-order valence-corrected chi connectivity index (χ4v) is 0.443. The van der Waals surface area contributed by atoms with Gasteiger partial charge in [0.05, 0.1) is 6.61 Å². The minimum Gasteiger partial charge on any atom is -0.384 e. The fraction of sp³-hybridized carbons (Fsp3) is 0.375. The molecule has 0 amide bonds. The Morgan fingerprint density at radius 2 is 2.40 bits per heavy atom. The molecule has 0 aromatic heterocycles. The third kappa shape index (κ3) is 5.25. The first-order valence-corrected chi connectivity index (χ1v) is 3.13. The molecule has 0 saturated heterocycles. The minimum atomic E-state index is 0.674. The number of hydrogen-bond acceptors (Lipinski definition) is 2. The van der Waals surface area contributed by atoms with Gasteiger partial charge in [-0.2, -0.15) is 0 Å². The van der Waals surface area contributed by atoms with Gasteiger partial charge in [-0.15, -0.1) is 0 Å². The zero-order valence-electron chi connectivity index (χ0n) is 6.34. The molecule has 0 atom stereocenters. The molecule has 0 rings (SSSR count). The number of rotatable bonds is 5. The Bertz CT molecular complexity index is 138. The summed E-state index contributed by atoms with van der Waals surface area (Å²) >= 11 is 0. The van der Waals surface area contributed by atoms with Crippen LogP contribution in [0.2, 0.25) is 0 Å². The van der Waals surface area contributed by atoms with Gasteiger partial charge >= 0.3 is 0 Å². The van der Waals surface area contributed by atoms with Gasteiger partial charge < -0.3 is 4.74 Å². The summed E-state index contributed by atoms with van der Waals surface area (Å²) in [6.07, 6.45) is 4.02. The standard InChI is InChI=1S/C8H13NO/c1-4-6-9-8(2)5-7-10-3/h4,6H,1-2,5,7H2,3H3/b9-6-. The largest absolute Gasteiger partial charge is 0.384 e. The molecule has 0 aliphatic heterocycles. The van der Waals surface area contributed by atoms with E-state index in [1.54, 1.807) is 19.4 Å². The number of aliphatic imine (C=N–C) groups is 1. The summed E-state index contributed by atoms with van der Waals surface area (Å²) in [5, 5.41) is 0. The van der Waals surface area contributed by atoms with Crippen molar-refractivity contribution in [1.29, 1.82) is 0 Å². The molecule has 0 radical (unpaired) electrons. The zero-order chi connectivity index (χ0) is 7.82. The normalized spacial score (nSPS) is 10.1. The molecule has 0 aromatic carbocycles. The molecule has 0 N–H and O–H groups in total. The summed E-state index contributed by atoms with van der Waals surface area (Å²) in [4.78, 5) is 3.96. The first-order chi connectivity index (χ1) is 4.81. The van der Waals surface area contributed by atoms with E-state index in [2.05, 4.69) is 18.2 Å². The quantitative estimate of drug-likeness (QED) is 0.532. The number of allylic oxidation sites excluding steroid dienone is 1. The van der Waals surface area contributed by atoms with Gasteiger partial charge in [0.15, 0.2) is 0 Å². The molecule has 0 unspecified atom stereocenters. The van der Waals surface area contributed by atoms with Gasteiger partial charge in [0.25, 0.3) is 0 Å². The Hall–Kier alpha value is -0.890. The van der Waals surface area contributed by atoms with Gasteiger partial charge in [-0.3, -0.25) is 4.99 Å². The summed E-state index contributed by atoms with van der Waals surface area (Å²) < 4.78 is 4.83. The van der Waals surface area contributed by atoms with Gasteiger partial charge in [0.2, 0.25) is 0 Å². The van der Waals surface area contributed by atoms with Crippen LogP contribution in [0.15, 0.2) is 29.9 Å². The molecular weight excluding hydrogens is 126 g/mol. The van der Waals surface area contributed by atoms with Crippen LogP contribution in [-0.2, 0) is 4.74 Å². The third-order valence-corrected chi connectivity index (χ3v) is 0.957. The maximum Gasteiger partial charge on any atom is 0.0517 e. The van der Waals surface area contributed by atoms with E-state index in [4.69, 9.17) is 4.74 Å². The van der Waals surface area contributed by atoms with Crippen LogP contribution in [0.4, 0.5) is 0 Å². The van der Waals surface area contributed by atoms with E-state index in [0.29, 0.717) is 6.61 Å². The van der Waals surface area contributed by atoms with Gasteiger partial charge in [-0.05, 0) is 0 Å². The summed E-state index contributed by atoms with van der Waals surface area (Å²) in [5.41, 5.74) is 0.821. The molecule has 0 fully saturated rings. The summed E-state index contributed by atoms with van der Waals surface area (Å²) in [7, 11) is 1.66. The Kier molecular flexibility index (Phi) is 5.68. The van der Waals surface area contributed by atoms with Crippen molar-refractivity contribution in [1.82, 2.24) is 0 Å². The van der Waals surface area contributed by atoms with Crippen LogP contribution in [-0.4, -0.2) is 19.9 Å². The number of nitrogens with zero attached hydrogens (tertiary/aromatic N) is 1. The number of hydrogen-bond donors (Lipinski definition) is 0. The molecule has 56 valence electrons. The number of ether oxygens (including phenoxy) is 1. The highest BCUT2D eigenvalue weighted by molar-refractivity contribution is 5.71. The first kappa shape index (κ1) is 9.11. The van der Waals surface area contributed by atoms with Crippen LogP contribution < -0.4 is 0 Å². The van der Waals surface area contributed by atoms with Crippen LogP contribution in [0.3, 0.4) is 0 Å². The topological polar surface area (TPSA) is 21.6 Å². The van der Waals surface area contributed by atoms with Gasteiger partial charge in [0.1, 0.15) is 0 Å². The van der Waals surface area contributed by atoms with Crippen LogP contribution in [0, 0.1) is 0 Å². The van der Waals surface area contributed by atoms with Crippen molar-refractivity contribution in [2.24, 2.45) is 4.99 Å². The van der Waals surface area contributed by atoms with Crippen molar-refractivity contribution >= 4 is 6.21 Å². The Labute approximate surface area is 61.9 Å². The van der Waals surface area contributed by atoms with Gasteiger partial charge in [-0.1, -0.05) is 19.2 Å². The van der Waals surface area contributed by atoms with Crippen molar-refractivity contribution in [2.75, 3.05) is 13.7 Å². The Morgan fingerprint density at radius 3 is 2.90 bits per heavy atom. The van der Waals surface area contributed by atoms with E-state index in [-0.39, 0.29) is 0 Å². The highest BCUT2D eigenvalue weighted by atomic mass is 16.5. The molecule has 2 heteroatoms. The average Bonchev–Trinajstić information content (AvgIpc) is 1.97. The summed E-state index contributed by atoms with van der Waals surface area (Å²) in [5.74, 6) is 0. The van der Waals surface area contributed by atoms with Crippen molar-refractivity contribution in [3.63, 3.8) is 0 Å². The van der Waals surface area contributed by atoms with Crippen molar-refractivity contribution in [2.45, 2.75) is 6.42 Å². The molecule has 0 heterocycles. The second-order valence-corrected chi connectivity index (χ2v) is 1.82. The molecule has 2 nitrogen and oxygen atoms in total. The molecule has 0 bridgehead atoms. The lowest BCUT2D eigenvalue weighted by Gasteiger charge is -1.95. The monoisotopic (exact) mass is 139 g/mol. The van der Waals surface area contributed by atoms with Crippen molar-refractivity contribution < 1.29 is 4.74 Å².